The van der Waals surface area contributed by atoms with Gasteiger partial charge in [-0.25, -0.2) is 8.42 Å². The van der Waals surface area contributed by atoms with E-state index in [4.69, 9.17) is 11.6 Å². The van der Waals surface area contributed by atoms with Crippen LogP contribution in [0.5, 0.6) is 0 Å². The van der Waals surface area contributed by atoms with Gasteiger partial charge < -0.3 is 10.2 Å². The second-order valence-corrected chi connectivity index (χ2v) is 10.9. The highest BCUT2D eigenvalue weighted by Gasteiger charge is 2.33. The van der Waals surface area contributed by atoms with E-state index in [0.29, 0.717) is 23.7 Å². The van der Waals surface area contributed by atoms with Gasteiger partial charge in [0, 0.05) is 18.1 Å². The average Bonchev–Trinajstić information content (AvgIpc) is 2.89. The van der Waals surface area contributed by atoms with Gasteiger partial charge in [0.05, 0.1) is 10.6 Å². The van der Waals surface area contributed by atoms with Crippen molar-refractivity contribution in [1.82, 2.24) is 10.2 Å². The standard InChI is InChI=1S/C28H32ClN3O4S/c1-4-26(28(34)30-5-2)31(19-22-13-15-23(29)16-14-22)27(33)20-32(24-17-11-21(3)12-18-24)37(35,36)25-9-7-6-8-10-25/h6-18,26H,4-5,19-20H2,1-3H3,(H,30,34)/t26-/m0/s1. The third-order valence-electron chi connectivity index (χ3n) is 5.94. The summed E-state index contributed by atoms with van der Waals surface area (Å²) in [4.78, 5) is 28.3. The number of carbonyl (C=O) groups excluding carboxylic acids is 2. The van der Waals surface area contributed by atoms with Gasteiger partial charge in [-0.1, -0.05) is 66.6 Å². The van der Waals surface area contributed by atoms with Crippen molar-refractivity contribution < 1.29 is 18.0 Å². The highest BCUT2D eigenvalue weighted by atomic mass is 35.5. The number of hydrogen-bond acceptors (Lipinski definition) is 4. The maximum atomic E-state index is 13.9. The van der Waals surface area contributed by atoms with Crippen molar-refractivity contribution in [3.05, 3.63) is 95.0 Å². The van der Waals surface area contributed by atoms with E-state index in [-0.39, 0.29) is 17.3 Å². The molecule has 0 aliphatic carbocycles. The Morgan fingerprint density at radius 1 is 0.919 bits per heavy atom. The van der Waals surface area contributed by atoms with Crippen molar-refractivity contribution in [1.29, 1.82) is 0 Å². The number of aryl methyl sites for hydroxylation is 1. The second kappa shape index (κ2) is 12.7. The first-order chi connectivity index (χ1) is 17.7. The molecule has 0 unspecified atom stereocenters. The number of likely N-dealkylation sites (N-methyl/N-ethyl adjacent to an activating group) is 1. The van der Waals surface area contributed by atoms with E-state index in [2.05, 4.69) is 5.32 Å². The van der Waals surface area contributed by atoms with Gasteiger partial charge in [-0.15, -0.1) is 0 Å². The first-order valence-electron chi connectivity index (χ1n) is 12.1. The molecule has 0 heterocycles. The second-order valence-electron chi connectivity index (χ2n) is 8.63. The third-order valence-corrected chi connectivity index (χ3v) is 7.98. The highest BCUT2D eigenvalue weighted by molar-refractivity contribution is 7.92. The summed E-state index contributed by atoms with van der Waals surface area (Å²) in [7, 11) is -4.07. The van der Waals surface area contributed by atoms with Gasteiger partial charge in [0.15, 0.2) is 0 Å². The number of rotatable bonds is 11. The molecule has 3 rings (SSSR count). The fourth-order valence-electron chi connectivity index (χ4n) is 3.96. The SMILES string of the molecule is CCNC(=O)[C@H](CC)N(Cc1ccc(Cl)cc1)C(=O)CN(c1ccc(C)cc1)S(=O)(=O)c1ccccc1. The molecule has 0 radical (unpaired) electrons. The quantitative estimate of drug-likeness (QED) is 0.378. The zero-order valence-corrected chi connectivity index (χ0v) is 22.8. The molecule has 7 nitrogen and oxygen atoms in total. The van der Waals surface area contributed by atoms with Crippen LogP contribution in [0.4, 0.5) is 5.69 Å². The van der Waals surface area contributed by atoms with Crippen LogP contribution in [0.25, 0.3) is 0 Å². The van der Waals surface area contributed by atoms with Crippen LogP contribution >= 0.6 is 11.6 Å². The molecule has 0 spiro atoms. The van der Waals surface area contributed by atoms with Gasteiger partial charge in [0.1, 0.15) is 12.6 Å². The summed E-state index contributed by atoms with van der Waals surface area (Å²) in [5.74, 6) is -0.784. The first-order valence-corrected chi connectivity index (χ1v) is 13.9. The molecule has 0 aromatic heterocycles. The van der Waals surface area contributed by atoms with Gasteiger partial charge >= 0.3 is 0 Å². The molecule has 1 N–H and O–H groups in total. The van der Waals surface area contributed by atoms with E-state index in [9.17, 15) is 18.0 Å². The molecule has 9 heteroatoms. The Bertz CT molecular complexity index is 1300. The lowest BCUT2D eigenvalue weighted by Crippen LogP contribution is -2.52. The fourth-order valence-corrected chi connectivity index (χ4v) is 5.52. The van der Waals surface area contributed by atoms with Crippen molar-refractivity contribution in [2.75, 3.05) is 17.4 Å². The fraction of sp³-hybridized carbons (Fsp3) is 0.286. The van der Waals surface area contributed by atoms with Crippen LogP contribution < -0.4 is 9.62 Å². The van der Waals surface area contributed by atoms with Gasteiger partial charge in [-0.2, -0.15) is 0 Å². The van der Waals surface area contributed by atoms with Crippen molar-refractivity contribution in [2.45, 2.75) is 44.7 Å². The average molecular weight is 542 g/mol. The number of benzene rings is 3. The molecule has 0 aliphatic rings. The zero-order valence-electron chi connectivity index (χ0n) is 21.2. The van der Waals surface area contributed by atoms with Crippen molar-refractivity contribution in [3.8, 4) is 0 Å². The summed E-state index contributed by atoms with van der Waals surface area (Å²) in [5.41, 5.74) is 2.09. The maximum Gasteiger partial charge on any atom is 0.264 e. The molecule has 0 saturated carbocycles. The topological polar surface area (TPSA) is 86.8 Å². The summed E-state index contributed by atoms with van der Waals surface area (Å²) in [5, 5.41) is 3.34. The number of carbonyl (C=O) groups is 2. The molecule has 0 fully saturated rings. The van der Waals surface area contributed by atoms with E-state index < -0.39 is 28.5 Å². The minimum absolute atomic E-state index is 0.0726. The number of nitrogens with zero attached hydrogens (tertiary/aromatic N) is 2. The lowest BCUT2D eigenvalue weighted by molar-refractivity contribution is -0.140. The smallest absolute Gasteiger partial charge is 0.264 e. The third kappa shape index (κ3) is 7.11. The van der Waals surface area contributed by atoms with Crippen molar-refractivity contribution in [2.24, 2.45) is 0 Å². The summed E-state index contributed by atoms with van der Waals surface area (Å²) in [6, 6.07) is 21.1. The molecule has 196 valence electrons. The molecule has 0 bridgehead atoms. The summed E-state index contributed by atoms with van der Waals surface area (Å²) >= 11 is 6.03. The lowest BCUT2D eigenvalue weighted by Gasteiger charge is -2.33. The summed E-state index contributed by atoms with van der Waals surface area (Å²) < 4.78 is 28.5. The van der Waals surface area contributed by atoms with Crippen LogP contribution in [-0.2, 0) is 26.2 Å². The van der Waals surface area contributed by atoms with Crippen LogP contribution in [0.1, 0.15) is 31.4 Å². The van der Waals surface area contributed by atoms with Gasteiger partial charge in [-0.3, -0.25) is 13.9 Å². The Kier molecular flexibility index (Phi) is 9.72. The number of nitrogens with one attached hydrogen (secondary N) is 1. The van der Waals surface area contributed by atoms with Gasteiger partial charge in [0.25, 0.3) is 10.0 Å². The molecule has 37 heavy (non-hydrogen) atoms. The molecule has 3 aromatic rings. The van der Waals surface area contributed by atoms with Crippen molar-refractivity contribution >= 4 is 39.1 Å². The number of amides is 2. The summed E-state index contributed by atoms with van der Waals surface area (Å²) in [6.07, 6.45) is 0.362. The van der Waals surface area contributed by atoms with Gasteiger partial charge in [0.2, 0.25) is 11.8 Å². The highest BCUT2D eigenvalue weighted by Crippen LogP contribution is 2.25. The van der Waals surface area contributed by atoms with Gasteiger partial charge in [-0.05, 0) is 62.2 Å². The number of sulfonamides is 1. The maximum absolute atomic E-state index is 13.9. The Morgan fingerprint density at radius 2 is 1.54 bits per heavy atom. The number of anilines is 1. The first kappa shape index (κ1) is 28.2. The monoisotopic (exact) mass is 541 g/mol. The van der Waals surface area contributed by atoms with E-state index >= 15 is 0 Å². The van der Waals surface area contributed by atoms with E-state index in [0.717, 1.165) is 15.4 Å². The molecule has 3 aromatic carbocycles. The largest absolute Gasteiger partial charge is 0.355 e. The predicted molar refractivity (Wildman–Crippen MR) is 147 cm³/mol. The predicted octanol–water partition coefficient (Wildman–Crippen LogP) is 4.79. The Labute approximate surface area is 224 Å². The zero-order chi connectivity index (χ0) is 27.0. The number of halogens is 1. The van der Waals surface area contributed by atoms with E-state index in [1.54, 1.807) is 66.7 Å². The van der Waals surface area contributed by atoms with Crippen LogP contribution in [0.3, 0.4) is 0 Å². The van der Waals surface area contributed by atoms with E-state index in [1.165, 1.54) is 17.0 Å². The molecule has 0 saturated heterocycles. The molecular formula is C28H32ClN3O4S. The normalized spacial score (nSPS) is 12.0. The minimum Gasteiger partial charge on any atom is -0.355 e. The Morgan fingerprint density at radius 3 is 2.11 bits per heavy atom. The molecule has 1 atom stereocenters. The molecule has 2 amide bonds. The minimum atomic E-state index is -4.07. The number of hydrogen-bond donors (Lipinski definition) is 1. The molecular weight excluding hydrogens is 510 g/mol. The van der Waals surface area contributed by atoms with Crippen LogP contribution in [0, 0.1) is 6.92 Å². The van der Waals surface area contributed by atoms with Crippen molar-refractivity contribution in [3.63, 3.8) is 0 Å². The van der Waals surface area contributed by atoms with Crippen LogP contribution in [0.15, 0.2) is 83.8 Å². The van der Waals surface area contributed by atoms with Crippen LogP contribution in [-0.4, -0.2) is 44.3 Å². The lowest BCUT2D eigenvalue weighted by atomic mass is 10.1. The molecule has 0 aliphatic heterocycles. The van der Waals surface area contributed by atoms with Crippen LogP contribution in [0.2, 0.25) is 5.02 Å². The van der Waals surface area contributed by atoms with E-state index in [1.807, 2.05) is 20.8 Å². The Hall–Kier alpha value is -3.36. The Balaban J connectivity index is 2.03. The summed E-state index contributed by atoms with van der Waals surface area (Å²) in [6.45, 7) is 5.60.